The Labute approximate surface area is 120 Å². The van der Waals surface area contributed by atoms with E-state index in [9.17, 15) is 4.79 Å². The van der Waals surface area contributed by atoms with Crippen LogP contribution >= 0.6 is 11.6 Å². The number of amides is 1. The van der Waals surface area contributed by atoms with Crippen molar-refractivity contribution >= 4 is 23.2 Å². The van der Waals surface area contributed by atoms with E-state index in [4.69, 9.17) is 11.6 Å². The van der Waals surface area contributed by atoms with Gasteiger partial charge in [-0.25, -0.2) is 0 Å². The summed E-state index contributed by atoms with van der Waals surface area (Å²) in [7, 11) is 0. The Morgan fingerprint density at radius 3 is 2.53 bits per heavy atom. The summed E-state index contributed by atoms with van der Waals surface area (Å²) in [5.41, 5.74) is 3.95. The standard InChI is InChI=1S/C15H21ClN2O/c1-12-4-3-5-14(13(12)2)17-8-10-18(11-9-17)15(19)6-7-16/h3-5H,6-11H2,1-2H3. The lowest BCUT2D eigenvalue weighted by Crippen LogP contribution is -2.49. The van der Waals surface area contributed by atoms with Gasteiger partial charge in [-0.15, -0.1) is 11.6 Å². The second-order valence-corrected chi connectivity index (χ2v) is 5.40. The number of hydrogen-bond donors (Lipinski definition) is 0. The average molecular weight is 281 g/mol. The van der Waals surface area contributed by atoms with Crippen molar-refractivity contribution in [1.29, 1.82) is 0 Å². The third-order valence-corrected chi connectivity index (χ3v) is 4.05. The first-order valence-corrected chi connectivity index (χ1v) is 7.32. The number of hydrogen-bond acceptors (Lipinski definition) is 2. The molecule has 1 aliphatic rings. The summed E-state index contributed by atoms with van der Waals surface area (Å²) in [6.45, 7) is 7.69. The molecule has 19 heavy (non-hydrogen) atoms. The van der Waals surface area contributed by atoms with Gasteiger partial charge < -0.3 is 9.80 Å². The number of anilines is 1. The number of aryl methyl sites for hydroxylation is 1. The smallest absolute Gasteiger partial charge is 0.223 e. The second kappa shape index (κ2) is 6.29. The molecule has 1 amide bonds. The van der Waals surface area contributed by atoms with E-state index in [1.54, 1.807) is 0 Å². The maximum atomic E-state index is 11.8. The summed E-state index contributed by atoms with van der Waals surface area (Å²) < 4.78 is 0. The molecule has 3 nitrogen and oxygen atoms in total. The number of carbonyl (C=O) groups excluding carboxylic acids is 1. The zero-order valence-electron chi connectivity index (χ0n) is 11.7. The number of carbonyl (C=O) groups is 1. The second-order valence-electron chi connectivity index (χ2n) is 5.03. The van der Waals surface area contributed by atoms with Gasteiger partial charge in [0.2, 0.25) is 5.91 Å². The van der Waals surface area contributed by atoms with Gasteiger partial charge in [0.1, 0.15) is 0 Å². The number of benzene rings is 1. The van der Waals surface area contributed by atoms with Crippen LogP contribution in [0.25, 0.3) is 0 Å². The molecule has 0 radical (unpaired) electrons. The predicted octanol–water partition coefficient (Wildman–Crippen LogP) is 2.58. The van der Waals surface area contributed by atoms with Gasteiger partial charge in [0, 0.05) is 44.2 Å². The van der Waals surface area contributed by atoms with Crippen LogP contribution in [0.5, 0.6) is 0 Å². The summed E-state index contributed by atoms with van der Waals surface area (Å²) >= 11 is 5.62. The third kappa shape index (κ3) is 3.21. The van der Waals surface area contributed by atoms with Crippen molar-refractivity contribution in [1.82, 2.24) is 4.90 Å². The van der Waals surface area contributed by atoms with E-state index >= 15 is 0 Å². The van der Waals surface area contributed by atoms with E-state index in [1.165, 1.54) is 16.8 Å². The number of alkyl halides is 1. The highest BCUT2D eigenvalue weighted by Gasteiger charge is 2.21. The molecule has 0 saturated carbocycles. The average Bonchev–Trinajstić information content (AvgIpc) is 2.42. The molecule has 0 N–H and O–H groups in total. The van der Waals surface area contributed by atoms with Crippen molar-refractivity contribution in [2.24, 2.45) is 0 Å². The number of halogens is 1. The Balaban J connectivity index is 2.00. The molecule has 0 aliphatic carbocycles. The molecule has 1 aromatic carbocycles. The molecule has 0 atom stereocenters. The Bertz CT molecular complexity index is 453. The molecule has 1 heterocycles. The van der Waals surface area contributed by atoms with Gasteiger partial charge in [-0.05, 0) is 31.0 Å². The topological polar surface area (TPSA) is 23.6 Å². The first-order valence-electron chi connectivity index (χ1n) is 6.78. The molecule has 4 heteroatoms. The zero-order valence-corrected chi connectivity index (χ0v) is 12.4. The van der Waals surface area contributed by atoms with Gasteiger partial charge in [-0.3, -0.25) is 4.79 Å². The Kier molecular flexibility index (Phi) is 4.70. The molecular formula is C15H21ClN2O. The molecule has 0 aromatic heterocycles. The zero-order chi connectivity index (χ0) is 13.8. The predicted molar refractivity (Wildman–Crippen MR) is 80.0 cm³/mol. The lowest BCUT2D eigenvalue weighted by atomic mass is 10.1. The van der Waals surface area contributed by atoms with Crippen LogP contribution in [0.3, 0.4) is 0 Å². The van der Waals surface area contributed by atoms with Crippen molar-refractivity contribution < 1.29 is 4.79 Å². The van der Waals surface area contributed by atoms with Gasteiger partial charge in [-0.1, -0.05) is 12.1 Å². The fourth-order valence-electron chi connectivity index (χ4n) is 2.51. The van der Waals surface area contributed by atoms with Crippen molar-refractivity contribution in [3.8, 4) is 0 Å². The summed E-state index contributed by atoms with van der Waals surface area (Å²) in [5.74, 6) is 0.589. The number of piperazine rings is 1. The number of rotatable bonds is 3. The largest absolute Gasteiger partial charge is 0.368 e. The molecule has 1 aliphatic heterocycles. The first-order chi connectivity index (χ1) is 9.13. The van der Waals surface area contributed by atoms with Crippen LogP contribution in [0.4, 0.5) is 5.69 Å². The summed E-state index contributed by atoms with van der Waals surface area (Å²) in [6, 6.07) is 6.40. The highest BCUT2D eigenvalue weighted by Crippen LogP contribution is 2.23. The first kappa shape index (κ1) is 14.2. The van der Waals surface area contributed by atoms with E-state index in [-0.39, 0.29) is 5.91 Å². The quantitative estimate of drug-likeness (QED) is 0.795. The maximum absolute atomic E-state index is 11.8. The van der Waals surface area contributed by atoms with Crippen molar-refractivity contribution in [3.63, 3.8) is 0 Å². The minimum Gasteiger partial charge on any atom is -0.368 e. The number of nitrogens with zero attached hydrogens (tertiary/aromatic N) is 2. The van der Waals surface area contributed by atoms with Crippen molar-refractivity contribution in [3.05, 3.63) is 29.3 Å². The normalized spacial score (nSPS) is 15.7. The van der Waals surface area contributed by atoms with Crippen LogP contribution in [0, 0.1) is 13.8 Å². The van der Waals surface area contributed by atoms with Gasteiger partial charge >= 0.3 is 0 Å². The fraction of sp³-hybridized carbons (Fsp3) is 0.533. The monoisotopic (exact) mass is 280 g/mol. The molecule has 0 unspecified atom stereocenters. The van der Waals surface area contributed by atoms with Crippen molar-refractivity contribution in [2.75, 3.05) is 37.0 Å². The van der Waals surface area contributed by atoms with Crippen LogP contribution in [0.1, 0.15) is 17.5 Å². The molecular weight excluding hydrogens is 260 g/mol. The fourth-order valence-corrected chi connectivity index (χ4v) is 2.68. The van der Waals surface area contributed by atoms with Gasteiger partial charge in [0.15, 0.2) is 0 Å². The maximum Gasteiger partial charge on any atom is 0.223 e. The Hall–Kier alpha value is -1.22. The Morgan fingerprint density at radius 2 is 1.89 bits per heavy atom. The van der Waals surface area contributed by atoms with Gasteiger partial charge in [-0.2, -0.15) is 0 Å². The van der Waals surface area contributed by atoms with E-state index in [0.29, 0.717) is 12.3 Å². The van der Waals surface area contributed by atoms with Crippen LogP contribution in [0.2, 0.25) is 0 Å². The Morgan fingerprint density at radius 1 is 1.21 bits per heavy atom. The van der Waals surface area contributed by atoms with Gasteiger partial charge in [0.25, 0.3) is 0 Å². The summed E-state index contributed by atoms with van der Waals surface area (Å²) in [6.07, 6.45) is 0.449. The lowest BCUT2D eigenvalue weighted by molar-refractivity contribution is -0.131. The van der Waals surface area contributed by atoms with E-state index in [0.717, 1.165) is 26.2 Å². The molecule has 0 bridgehead atoms. The van der Waals surface area contributed by atoms with E-state index in [1.807, 2.05) is 4.90 Å². The SMILES string of the molecule is Cc1cccc(N2CCN(C(=O)CCCl)CC2)c1C. The molecule has 1 fully saturated rings. The third-order valence-electron chi connectivity index (χ3n) is 3.86. The van der Waals surface area contributed by atoms with Crippen LogP contribution < -0.4 is 4.90 Å². The minimum absolute atomic E-state index is 0.176. The lowest BCUT2D eigenvalue weighted by Gasteiger charge is -2.37. The summed E-state index contributed by atoms with van der Waals surface area (Å²) in [5, 5.41) is 0. The molecule has 1 saturated heterocycles. The van der Waals surface area contributed by atoms with E-state index < -0.39 is 0 Å². The molecule has 0 spiro atoms. The van der Waals surface area contributed by atoms with Crippen molar-refractivity contribution in [2.45, 2.75) is 20.3 Å². The van der Waals surface area contributed by atoms with Crippen LogP contribution in [-0.2, 0) is 4.79 Å². The molecule has 2 rings (SSSR count). The minimum atomic E-state index is 0.176. The summed E-state index contributed by atoms with van der Waals surface area (Å²) in [4.78, 5) is 16.1. The van der Waals surface area contributed by atoms with Crippen LogP contribution in [0.15, 0.2) is 18.2 Å². The van der Waals surface area contributed by atoms with E-state index in [2.05, 4.69) is 36.9 Å². The molecule has 1 aromatic rings. The highest BCUT2D eigenvalue weighted by atomic mass is 35.5. The van der Waals surface area contributed by atoms with Crippen LogP contribution in [-0.4, -0.2) is 42.9 Å². The highest BCUT2D eigenvalue weighted by molar-refractivity contribution is 6.18. The van der Waals surface area contributed by atoms with Gasteiger partial charge in [0.05, 0.1) is 0 Å². The molecule has 104 valence electrons.